The Morgan fingerprint density at radius 3 is 2.27 bits per heavy atom. The van der Waals surface area contributed by atoms with Gasteiger partial charge < -0.3 is 10.0 Å². The van der Waals surface area contributed by atoms with E-state index in [0.29, 0.717) is 16.6 Å². The molecule has 1 heterocycles. The van der Waals surface area contributed by atoms with Crippen molar-refractivity contribution in [1.29, 1.82) is 0 Å². The Labute approximate surface area is 164 Å². The molecule has 0 unspecified atom stereocenters. The summed E-state index contributed by atoms with van der Waals surface area (Å²) in [5.74, 6) is 0. The quantitative estimate of drug-likeness (QED) is 0.598. The summed E-state index contributed by atoms with van der Waals surface area (Å²) in [4.78, 5) is 6.95. The number of aromatic nitrogens is 1. The van der Waals surface area contributed by atoms with Crippen molar-refractivity contribution in [3.8, 4) is 11.3 Å². The monoisotopic (exact) mass is 388 g/mol. The van der Waals surface area contributed by atoms with Gasteiger partial charge in [-0.15, -0.1) is 0 Å². The first-order chi connectivity index (χ1) is 12.5. The van der Waals surface area contributed by atoms with E-state index >= 15 is 0 Å². The fourth-order valence-corrected chi connectivity index (χ4v) is 3.39. The molecule has 0 fully saturated rings. The van der Waals surface area contributed by atoms with Crippen LogP contribution in [0.2, 0.25) is 10.0 Å². The van der Waals surface area contributed by atoms with Gasteiger partial charge in [0, 0.05) is 27.5 Å². The smallest absolute Gasteiger partial charge is 0.0924 e. The van der Waals surface area contributed by atoms with E-state index in [-0.39, 0.29) is 0 Å². The number of rotatable bonds is 6. The Morgan fingerprint density at radius 1 is 0.962 bits per heavy atom. The molecule has 2 aromatic carbocycles. The lowest BCUT2D eigenvalue weighted by molar-refractivity contribution is 0.120. The normalized spacial score (nSPS) is 12.7. The summed E-state index contributed by atoms with van der Waals surface area (Å²) in [5.41, 5.74) is 3.39. The molecule has 5 heteroatoms. The van der Waals surface area contributed by atoms with Gasteiger partial charge in [0.15, 0.2) is 0 Å². The highest BCUT2D eigenvalue weighted by atomic mass is 35.5. The molecule has 0 spiro atoms. The van der Waals surface area contributed by atoms with Crippen molar-refractivity contribution in [1.82, 2.24) is 9.88 Å². The first kappa shape index (κ1) is 19.1. The maximum absolute atomic E-state index is 10.9. The molecule has 0 amide bonds. The molecule has 3 nitrogen and oxygen atoms in total. The zero-order valence-corrected chi connectivity index (χ0v) is 16.4. The number of nitrogens with zero attached hydrogens (tertiary/aromatic N) is 2. The molecule has 0 aliphatic heterocycles. The maximum atomic E-state index is 10.9. The summed E-state index contributed by atoms with van der Waals surface area (Å²) in [6, 6.07) is 15.1. The first-order valence-electron chi connectivity index (χ1n) is 8.78. The average molecular weight is 389 g/mol. The van der Waals surface area contributed by atoms with Gasteiger partial charge in [-0.3, -0.25) is 0 Å². The van der Waals surface area contributed by atoms with Crippen LogP contribution in [0.25, 0.3) is 22.2 Å². The first-order valence-corrected chi connectivity index (χ1v) is 9.54. The second-order valence-electron chi connectivity index (χ2n) is 6.27. The van der Waals surface area contributed by atoms with Crippen molar-refractivity contribution < 1.29 is 5.11 Å². The zero-order valence-electron chi connectivity index (χ0n) is 14.9. The number of halogens is 2. The third kappa shape index (κ3) is 4.18. The van der Waals surface area contributed by atoms with E-state index in [4.69, 9.17) is 28.2 Å². The predicted octanol–water partition coefficient (Wildman–Crippen LogP) is 5.58. The standard InChI is InChI=1S/C21H22Cl2N2O/c1-3-25(4-2)13-21(26)18-12-19(14-5-7-15(22)8-6-14)24-20-11-16(23)9-10-17(18)20/h5-12,21,26H,3-4,13H2,1-2H3/t21-/m0/s1. The van der Waals surface area contributed by atoms with Crippen molar-refractivity contribution in [2.24, 2.45) is 0 Å². The molecule has 0 aliphatic carbocycles. The van der Waals surface area contributed by atoms with Crippen LogP contribution in [0.3, 0.4) is 0 Å². The van der Waals surface area contributed by atoms with E-state index in [1.807, 2.05) is 48.5 Å². The molecular formula is C21H22Cl2N2O. The number of benzene rings is 2. The average Bonchev–Trinajstić information content (AvgIpc) is 2.65. The molecule has 0 saturated carbocycles. The Hall–Kier alpha value is -1.65. The van der Waals surface area contributed by atoms with Crippen molar-refractivity contribution in [3.63, 3.8) is 0 Å². The van der Waals surface area contributed by atoms with Crippen molar-refractivity contribution >= 4 is 34.1 Å². The topological polar surface area (TPSA) is 36.4 Å². The van der Waals surface area contributed by atoms with Crippen LogP contribution >= 0.6 is 23.2 Å². The fraction of sp³-hybridized carbons (Fsp3) is 0.286. The van der Waals surface area contributed by atoms with Gasteiger partial charge in [0.2, 0.25) is 0 Å². The fourth-order valence-electron chi connectivity index (χ4n) is 3.10. The van der Waals surface area contributed by atoms with E-state index in [1.165, 1.54) is 0 Å². The lowest BCUT2D eigenvalue weighted by Crippen LogP contribution is -2.28. The van der Waals surface area contributed by atoms with Gasteiger partial charge in [-0.2, -0.15) is 0 Å². The lowest BCUT2D eigenvalue weighted by Gasteiger charge is -2.23. The van der Waals surface area contributed by atoms with Crippen LogP contribution < -0.4 is 0 Å². The van der Waals surface area contributed by atoms with Gasteiger partial charge >= 0.3 is 0 Å². The Balaban J connectivity index is 2.11. The number of pyridine rings is 1. The van der Waals surface area contributed by atoms with E-state index in [1.54, 1.807) is 0 Å². The summed E-state index contributed by atoms with van der Waals surface area (Å²) >= 11 is 12.2. The van der Waals surface area contributed by atoms with Crippen molar-refractivity contribution in [2.75, 3.05) is 19.6 Å². The molecule has 0 aliphatic rings. The molecule has 1 aromatic heterocycles. The number of aliphatic hydroxyl groups is 1. The van der Waals surface area contributed by atoms with Gasteiger partial charge in [-0.25, -0.2) is 4.98 Å². The summed E-state index contributed by atoms with van der Waals surface area (Å²) < 4.78 is 0. The third-order valence-electron chi connectivity index (χ3n) is 4.63. The van der Waals surface area contributed by atoms with Crippen LogP contribution in [0.1, 0.15) is 25.5 Å². The van der Waals surface area contributed by atoms with Crippen LogP contribution in [-0.2, 0) is 0 Å². The molecule has 0 saturated heterocycles. The minimum Gasteiger partial charge on any atom is -0.387 e. The summed E-state index contributed by atoms with van der Waals surface area (Å²) in [6.45, 7) is 6.56. The van der Waals surface area contributed by atoms with Crippen LogP contribution in [0, 0.1) is 0 Å². The highest BCUT2D eigenvalue weighted by Crippen LogP contribution is 2.31. The molecule has 1 atom stereocenters. The van der Waals surface area contributed by atoms with Gasteiger partial charge in [0.1, 0.15) is 0 Å². The van der Waals surface area contributed by atoms with Gasteiger partial charge in [0.25, 0.3) is 0 Å². The minimum atomic E-state index is -0.604. The molecule has 3 rings (SSSR count). The second kappa shape index (κ2) is 8.36. The Morgan fingerprint density at radius 2 is 1.62 bits per heavy atom. The van der Waals surface area contributed by atoms with Gasteiger partial charge in [0.05, 0.1) is 17.3 Å². The highest BCUT2D eigenvalue weighted by molar-refractivity contribution is 6.31. The van der Waals surface area contributed by atoms with Crippen molar-refractivity contribution in [2.45, 2.75) is 20.0 Å². The lowest BCUT2D eigenvalue weighted by atomic mass is 10.00. The van der Waals surface area contributed by atoms with Crippen LogP contribution in [-0.4, -0.2) is 34.6 Å². The van der Waals surface area contributed by atoms with Crippen LogP contribution in [0.4, 0.5) is 0 Å². The third-order valence-corrected chi connectivity index (χ3v) is 5.12. The highest BCUT2D eigenvalue weighted by Gasteiger charge is 2.17. The van der Waals surface area contributed by atoms with E-state index in [2.05, 4.69) is 18.7 Å². The number of fused-ring (bicyclic) bond motifs is 1. The predicted molar refractivity (Wildman–Crippen MR) is 110 cm³/mol. The maximum Gasteiger partial charge on any atom is 0.0924 e. The largest absolute Gasteiger partial charge is 0.387 e. The molecule has 3 aromatic rings. The Bertz CT molecular complexity index is 892. The van der Waals surface area contributed by atoms with Gasteiger partial charge in [-0.05, 0) is 49.0 Å². The summed E-state index contributed by atoms with van der Waals surface area (Å²) in [7, 11) is 0. The molecular weight excluding hydrogens is 367 g/mol. The molecule has 0 bridgehead atoms. The number of hydrogen-bond acceptors (Lipinski definition) is 3. The number of aliphatic hydroxyl groups excluding tert-OH is 1. The van der Waals surface area contributed by atoms with Crippen LogP contribution in [0.15, 0.2) is 48.5 Å². The molecule has 26 heavy (non-hydrogen) atoms. The number of likely N-dealkylation sites (N-methyl/N-ethyl adjacent to an activating group) is 1. The van der Waals surface area contributed by atoms with E-state index in [0.717, 1.165) is 40.8 Å². The molecule has 0 radical (unpaired) electrons. The number of hydrogen-bond donors (Lipinski definition) is 1. The summed E-state index contributed by atoms with van der Waals surface area (Å²) in [5, 5.41) is 13.1. The SMILES string of the molecule is CCN(CC)C[C@H](O)c1cc(-c2ccc(Cl)cc2)nc2cc(Cl)ccc12. The molecule has 1 N–H and O–H groups in total. The molecule has 136 valence electrons. The van der Waals surface area contributed by atoms with E-state index < -0.39 is 6.10 Å². The van der Waals surface area contributed by atoms with Crippen molar-refractivity contribution in [3.05, 3.63) is 64.1 Å². The second-order valence-corrected chi connectivity index (χ2v) is 7.14. The van der Waals surface area contributed by atoms with E-state index in [9.17, 15) is 5.11 Å². The Kier molecular flexibility index (Phi) is 6.15. The zero-order chi connectivity index (χ0) is 18.7. The summed E-state index contributed by atoms with van der Waals surface area (Å²) in [6.07, 6.45) is -0.604. The minimum absolute atomic E-state index is 0.578. The van der Waals surface area contributed by atoms with Crippen LogP contribution in [0.5, 0.6) is 0 Å². The van der Waals surface area contributed by atoms with Gasteiger partial charge in [-0.1, -0.05) is 55.2 Å².